The minimum atomic E-state index is -0.542. The Morgan fingerprint density at radius 2 is 1.44 bits per heavy atom. The average Bonchev–Trinajstić information content (AvgIpc) is 2.64. The van der Waals surface area contributed by atoms with Crippen LogP contribution < -0.4 is 10.6 Å². The van der Waals surface area contributed by atoms with Gasteiger partial charge in [0.2, 0.25) is 0 Å². The summed E-state index contributed by atoms with van der Waals surface area (Å²) in [6.45, 7) is 5.34. The predicted molar refractivity (Wildman–Crippen MR) is 94.3 cm³/mol. The number of hydrogen-bond acceptors (Lipinski definition) is 5. The van der Waals surface area contributed by atoms with E-state index >= 15 is 0 Å². The fourth-order valence-corrected chi connectivity index (χ4v) is 1.83. The maximum atomic E-state index is 11.6. The number of nitrogens with one attached hydrogen (secondary N) is 2. The van der Waals surface area contributed by atoms with Gasteiger partial charge in [-0.1, -0.05) is 44.2 Å². The third kappa shape index (κ3) is 10.2. The summed E-state index contributed by atoms with van der Waals surface area (Å²) in [5, 5.41) is 5.23. The average molecular weight is 352 g/mol. The smallest absolute Gasteiger partial charge is 0.407 e. The van der Waals surface area contributed by atoms with Crippen molar-refractivity contribution in [2.75, 3.05) is 26.3 Å². The minimum absolute atomic E-state index is 0.00341. The highest BCUT2D eigenvalue weighted by molar-refractivity contribution is 5.67. The van der Waals surface area contributed by atoms with Crippen molar-refractivity contribution in [2.45, 2.75) is 39.4 Å². The Labute approximate surface area is 149 Å². The van der Waals surface area contributed by atoms with E-state index in [1.165, 1.54) is 0 Å². The first-order valence-electron chi connectivity index (χ1n) is 8.62. The number of hydrogen-bond donors (Lipinski definition) is 2. The van der Waals surface area contributed by atoms with Crippen LogP contribution >= 0.6 is 0 Å². The number of carbonyl (C=O) groups excluding carboxylic acids is 2. The largest absolute Gasteiger partial charge is 0.447 e. The van der Waals surface area contributed by atoms with Gasteiger partial charge in [0.25, 0.3) is 0 Å². The van der Waals surface area contributed by atoms with Crippen LogP contribution in [0.3, 0.4) is 0 Å². The molecule has 0 saturated heterocycles. The first kappa shape index (κ1) is 20.8. The first-order valence-corrected chi connectivity index (χ1v) is 8.62. The lowest BCUT2D eigenvalue weighted by Gasteiger charge is -2.18. The highest BCUT2D eigenvalue weighted by atomic mass is 16.6. The van der Waals surface area contributed by atoms with Crippen LogP contribution in [0.5, 0.6) is 0 Å². The van der Waals surface area contributed by atoms with Gasteiger partial charge in [-0.25, -0.2) is 9.59 Å². The predicted octanol–water partition coefficient (Wildman–Crippen LogP) is 2.84. The molecule has 0 unspecified atom stereocenters. The van der Waals surface area contributed by atoms with Crippen LogP contribution in [0.15, 0.2) is 30.3 Å². The molecule has 0 atom stereocenters. The number of ether oxygens (including phenoxy) is 3. The van der Waals surface area contributed by atoms with E-state index in [0.29, 0.717) is 19.7 Å². The van der Waals surface area contributed by atoms with Crippen molar-refractivity contribution in [3.05, 3.63) is 35.9 Å². The zero-order valence-corrected chi connectivity index (χ0v) is 15.0. The zero-order chi connectivity index (χ0) is 18.3. The summed E-state index contributed by atoms with van der Waals surface area (Å²) in [5.74, 6) is 0. The molecule has 0 radical (unpaired) electrons. The summed E-state index contributed by atoms with van der Waals surface area (Å²) >= 11 is 0. The van der Waals surface area contributed by atoms with Crippen molar-refractivity contribution in [3.63, 3.8) is 0 Å². The molecule has 0 aromatic heterocycles. The Kier molecular flexibility index (Phi) is 10.8. The van der Waals surface area contributed by atoms with Crippen molar-refractivity contribution < 1.29 is 23.8 Å². The molecule has 140 valence electrons. The van der Waals surface area contributed by atoms with Gasteiger partial charge in [-0.2, -0.15) is 0 Å². The molecular formula is C18H28N2O5. The molecule has 0 saturated carbocycles. The molecular weight excluding hydrogens is 324 g/mol. The first-order chi connectivity index (χ1) is 12.2. The Morgan fingerprint density at radius 3 is 1.92 bits per heavy atom. The number of rotatable bonds is 11. The van der Waals surface area contributed by atoms with Gasteiger partial charge in [0.05, 0.1) is 6.61 Å². The second-order valence-electron chi connectivity index (χ2n) is 5.47. The van der Waals surface area contributed by atoms with E-state index in [9.17, 15) is 9.59 Å². The Bertz CT molecular complexity index is 471. The van der Waals surface area contributed by atoms with Gasteiger partial charge >= 0.3 is 12.2 Å². The molecule has 0 spiro atoms. The van der Waals surface area contributed by atoms with Crippen molar-refractivity contribution in [1.29, 1.82) is 0 Å². The van der Waals surface area contributed by atoms with Crippen LogP contribution in [0.25, 0.3) is 0 Å². The molecule has 1 aromatic rings. The van der Waals surface area contributed by atoms with Crippen molar-refractivity contribution >= 4 is 12.2 Å². The van der Waals surface area contributed by atoms with Crippen LogP contribution in [0.4, 0.5) is 9.59 Å². The molecule has 7 heteroatoms. The lowest BCUT2D eigenvalue weighted by atomic mass is 10.2. The van der Waals surface area contributed by atoms with Gasteiger partial charge < -0.3 is 24.8 Å². The Hall–Kier alpha value is -2.28. The van der Waals surface area contributed by atoms with Crippen molar-refractivity contribution in [2.24, 2.45) is 0 Å². The molecule has 2 N–H and O–H groups in total. The van der Waals surface area contributed by atoms with Gasteiger partial charge in [0, 0.05) is 13.1 Å². The van der Waals surface area contributed by atoms with Crippen LogP contribution in [0.1, 0.15) is 32.3 Å². The van der Waals surface area contributed by atoms with Gasteiger partial charge in [0.15, 0.2) is 0 Å². The van der Waals surface area contributed by atoms with E-state index in [-0.39, 0.29) is 13.2 Å². The molecule has 0 heterocycles. The molecule has 0 aliphatic rings. The highest BCUT2D eigenvalue weighted by Gasteiger charge is 2.15. The minimum Gasteiger partial charge on any atom is -0.447 e. The SMILES string of the molecule is CCCNC(=O)OCC(COC(=O)NCCC)OCc1ccccc1. The van der Waals surface area contributed by atoms with E-state index < -0.39 is 18.3 Å². The Balaban J connectivity index is 2.44. The summed E-state index contributed by atoms with van der Waals surface area (Å²) in [5.41, 5.74) is 0.985. The molecule has 2 amide bonds. The lowest BCUT2D eigenvalue weighted by molar-refractivity contribution is -0.0364. The third-order valence-corrected chi connectivity index (χ3v) is 3.17. The molecule has 1 rings (SSSR count). The van der Waals surface area contributed by atoms with E-state index in [2.05, 4.69) is 10.6 Å². The topological polar surface area (TPSA) is 85.9 Å². The quantitative estimate of drug-likeness (QED) is 0.639. The summed E-state index contributed by atoms with van der Waals surface area (Å²) in [6, 6.07) is 9.61. The summed E-state index contributed by atoms with van der Waals surface area (Å²) in [7, 11) is 0. The Morgan fingerprint density at radius 1 is 0.920 bits per heavy atom. The lowest BCUT2D eigenvalue weighted by Crippen LogP contribution is -2.34. The molecule has 0 fully saturated rings. The van der Waals surface area contributed by atoms with Gasteiger partial charge in [-0.15, -0.1) is 0 Å². The second kappa shape index (κ2) is 13.1. The standard InChI is InChI=1S/C18H28N2O5/c1-3-10-19-17(21)24-13-16(14-25-18(22)20-11-4-2)23-12-15-8-6-5-7-9-15/h5-9,16H,3-4,10-14H2,1-2H3,(H,19,21)(H,20,22). The van der Waals surface area contributed by atoms with Crippen LogP contribution in [0.2, 0.25) is 0 Å². The third-order valence-electron chi connectivity index (χ3n) is 3.17. The van der Waals surface area contributed by atoms with Crippen molar-refractivity contribution in [1.82, 2.24) is 10.6 Å². The van der Waals surface area contributed by atoms with Crippen LogP contribution in [-0.4, -0.2) is 44.6 Å². The zero-order valence-electron chi connectivity index (χ0n) is 15.0. The van der Waals surface area contributed by atoms with Crippen LogP contribution in [-0.2, 0) is 20.8 Å². The molecule has 0 bridgehead atoms. The normalized spacial score (nSPS) is 10.4. The fourth-order valence-electron chi connectivity index (χ4n) is 1.83. The maximum Gasteiger partial charge on any atom is 0.407 e. The molecule has 0 aliphatic heterocycles. The summed E-state index contributed by atoms with van der Waals surface area (Å²) in [4.78, 5) is 23.1. The molecule has 0 aliphatic carbocycles. The van der Waals surface area contributed by atoms with E-state index in [1.807, 2.05) is 44.2 Å². The fraction of sp³-hybridized carbons (Fsp3) is 0.556. The molecule has 7 nitrogen and oxygen atoms in total. The van der Waals surface area contributed by atoms with Crippen LogP contribution in [0, 0.1) is 0 Å². The van der Waals surface area contributed by atoms with E-state index in [0.717, 1.165) is 18.4 Å². The monoisotopic (exact) mass is 352 g/mol. The summed E-state index contributed by atoms with van der Waals surface area (Å²) < 4.78 is 16.0. The summed E-state index contributed by atoms with van der Waals surface area (Å²) in [6.07, 6.45) is 0.0872. The maximum absolute atomic E-state index is 11.6. The number of alkyl carbamates (subject to hydrolysis) is 2. The highest BCUT2D eigenvalue weighted by Crippen LogP contribution is 2.05. The molecule has 1 aromatic carbocycles. The number of benzene rings is 1. The van der Waals surface area contributed by atoms with Crippen molar-refractivity contribution in [3.8, 4) is 0 Å². The number of carbonyl (C=O) groups is 2. The van der Waals surface area contributed by atoms with E-state index in [4.69, 9.17) is 14.2 Å². The van der Waals surface area contributed by atoms with E-state index in [1.54, 1.807) is 0 Å². The van der Waals surface area contributed by atoms with Gasteiger partial charge in [-0.3, -0.25) is 0 Å². The molecule has 25 heavy (non-hydrogen) atoms. The number of amides is 2. The van der Waals surface area contributed by atoms with Gasteiger partial charge in [0.1, 0.15) is 19.3 Å². The second-order valence-corrected chi connectivity index (χ2v) is 5.47. The van der Waals surface area contributed by atoms with Gasteiger partial charge in [-0.05, 0) is 18.4 Å².